The first-order valence-electron chi connectivity index (χ1n) is 8.78. The summed E-state index contributed by atoms with van der Waals surface area (Å²) in [4.78, 5) is 12.7. The van der Waals surface area contributed by atoms with E-state index in [9.17, 15) is 4.79 Å². The fourth-order valence-electron chi connectivity index (χ4n) is 2.86. The van der Waals surface area contributed by atoms with Crippen LogP contribution in [0.25, 0.3) is 0 Å². The van der Waals surface area contributed by atoms with Gasteiger partial charge in [0.15, 0.2) is 0 Å². The summed E-state index contributed by atoms with van der Waals surface area (Å²) in [6.45, 7) is 2.67. The predicted octanol–water partition coefficient (Wildman–Crippen LogP) is 5.71. The van der Waals surface area contributed by atoms with Crippen LogP contribution in [-0.2, 0) is 11.3 Å². The molecule has 2 aromatic rings. The van der Waals surface area contributed by atoms with Crippen molar-refractivity contribution >= 4 is 17.5 Å². The van der Waals surface area contributed by atoms with E-state index in [0.29, 0.717) is 11.6 Å². The molecule has 1 atom stereocenters. The van der Waals surface area contributed by atoms with Crippen LogP contribution >= 0.6 is 11.6 Å². The summed E-state index contributed by atoms with van der Waals surface area (Å²) in [6.07, 6.45) is 5.57. The SMILES string of the molecule is CCCCCCC(C(=O)NCc1ccccc1Cl)c1ccccc1. The molecule has 0 aliphatic carbocycles. The molecule has 0 radical (unpaired) electrons. The van der Waals surface area contributed by atoms with Crippen LogP contribution in [0.1, 0.15) is 56.1 Å². The highest BCUT2D eigenvalue weighted by atomic mass is 35.5. The van der Waals surface area contributed by atoms with Gasteiger partial charge in [-0.15, -0.1) is 0 Å². The van der Waals surface area contributed by atoms with Crippen LogP contribution < -0.4 is 5.32 Å². The molecule has 0 aliphatic rings. The van der Waals surface area contributed by atoms with Crippen molar-refractivity contribution in [1.29, 1.82) is 0 Å². The Kier molecular flexibility index (Phi) is 7.84. The van der Waals surface area contributed by atoms with Crippen LogP contribution in [0, 0.1) is 0 Å². The summed E-state index contributed by atoms with van der Waals surface area (Å²) in [6, 6.07) is 17.7. The lowest BCUT2D eigenvalue weighted by atomic mass is 9.92. The maximum atomic E-state index is 12.7. The predicted molar refractivity (Wildman–Crippen MR) is 101 cm³/mol. The summed E-state index contributed by atoms with van der Waals surface area (Å²) in [5, 5.41) is 3.75. The van der Waals surface area contributed by atoms with E-state index in [1.54, 1.807) is 0 Å². The standard InChI is InChI=1S/C21H26ClNO/c1-2-3-4-8-14-19(17-11-6-5-7-12-17)21(24)23-16-18-13-9-10-15-20(18)22/h5-7,9-13,15,19H,2-4,8,14,16H2,1H3,(H,23,24). The van der Waals surface area contributed by atoms with Gasteiger partial charge < -0.3 is 5.32 Å². The van der Waals surface area contributed by atoms with E-state index in [1.807, 2.05) is 54.6 Å². The van der Waals surface area contributed by atoms with Gasteiger partial charge >= 0.3 is 0 Å². The summed E-state index contributed by atoms with van der Waals surface area (Å²) < 4.78 is 0. The Morgan fingerprint density at radius 2 is 1.71 bits per heavy atom. The van der Waals surface area contributed by atoms with Crippen molar-refractivity contribution in [2.75, 3.05) is 0 Å². The molecule has 0 bridgehead atoms. The lowest BCUT2D eigenvalue weighted by Gasteiger charge is -2.17. The summed E-state index contributed by atoms with van der Waals surface area (Å²) in [5.41, 5.74) is 2.04. The zero-order valence-corrected chi connectivity index (χ0v) is 15.1. The van der Waals surface area contributed by atoms with Crippen molar-refractivity contribution in [3.63, 3.8) is 0 Å². The Labute approximate surface area is 150 Å². The molecule has 0 spiro atoms. The Morgan fingerprint density at radius 1 is 1.00 bits per heavy atom. The van der Waals surface area contributed by atoms with Gasteiger partial charge in [-0.1, -0.05) is 92.7 Å². The highest BCUT2D eigenvalue weighted by molar-refractivity contribution is 6.31. The molecule has 0 heterocycles. The van der Waals surface area contributed by atoms with Gasteiger partial charge in [0.1, 0.15) is 0 Å². The number of hydrogen-bond donors (Lipinski definition) is 1. The Bertz CT molecular complexity index is 627. The van der Waals surface area contributed by atoms with E-state index in [0.717, 1.165) is 24.0 Å². The summed E-state index contributed by atoms with van der Waals surface area (Å²) >= 11 is 6.17. The second-order valence-corrected chi connectivity index (χ2v) is 6.53. The van der Waals surface area contributed by atoms with Crippen LogP contribution in [-0.4, -0.2) is 5.91 Å². The van der Waals surface area contributed by atoms with Gasteiger partial charge in [-0.05, 0) is 23.6 Å². The molecule has 128 valence electrons. The van der Waals surface area contributed by atoms with Gasteiger partial charge in [-0.25, -0.2) is 0 Å². The van der Waals surface area contributed by atoms with Gasteiger partial charge in [0.25, 0.3) is 0 Å². The number of unbranched alkanes of at least 4 members (excludes halogenated alkanes) is 3. The number of carbonyl (C=O) groups excluding carboxylic acids is 1. The van der Waals surface area contributed by atoms with Crippen LogP contribution in [0.5, 0.6) is 0 Å². The Balaban J connectivity index is 2.00. The highest BCUT2D eigenvalue weighted by Gasteiger charge is 2.20. The number of halogens is 1. The molecule has 3 heteroatoms. The van der Waals surface area contributed by atoms with Crippen molar-refractivity contribution < 1.29 is 4.79 Å². The minimum Gasteiger partial charge on any atom is -0.351 e. The molecule has 1 N–H and O–H groups in total. The molecule has 2 rings (SSSR count). The second-order valence-electron chi connectivity index (χ2n) is 6.12. The lowest BCUT2D eigenvalue weighted by molar-refractivity contribution is -0.122. The van der Waals surface area contributed by atoms with Crippen LogP contribution in [0.3, 0.4) is 0 Å². The van der Waals surface area contributed by atoms with Gasteiger partial charge in [0.2, 0.25) is 5.91 Å². The first kappa shape index (κ1) is 18.5. The summed E-state index contributed by atoms with van der Waals surface area (Å²) in [5.74, 6) is -0.0110. The van der Waals surface area contributed by atoms with Crippen molar-refractivity contribution in [2.45, 2.75) is 51.5 Å². The number of hydrogen-bond acceptors (Lipinski definition) is 1. The third-order valence-corrected chi connectivity index (χ3v) is 4.64. The fraction of sp³-hybridized carbons (Fsp3) is 0.381. The molecule has 0 aromatic heterocycles. The fourth-order valence-corrected chi connectivity index (χ4v) is 3.06. The molecule has 2 nitrogen and oxygen atoms in total. The van der Waals surface area contributed by atoms with Gasteiger partial charge in [-0.2, -0.15) is 0 Å². The molecule has 0 saturated carbocycles. The van der Waals surface area contributed by atoms with Crippen LogP contribution in [0.15, 0.2) is 54.6 Å². The minimum atomic E-state index is -0.0921. The molecule has 1 amide bonds. The maximum Gasteiger partial charge on any atom is 0.227 e. The molecular weight excluding hydrogens is 318 g/mol. The lowest BCUT2D eigenvalue weighted by Crippen LogP contribution is -2.29. The molecule has 0 aliphatic heterocycles. The Hall–Kier alpha value is -1.80. The number of rotatable bonds is 9. The normalized spacial score (nSPS) is 11.9. The van der Waals surface area contributed by atoms with Gasteiger partial charge in [0, 0.05) is 11.6 Å². The van der Waals surface area contributed by atoms with Gasteiger partial charge in [-0.3, -0.25) is 4.79 Å². The molecule has 1 unspecified atom stereocenters. The summed E-state index contributed by atoms with van der Waals surface area (Å²) in [7, 11) is 0. The number of carbonyl (C=O) groups is 1. The van der Waals surface area contributed by atoms with E-state index in [4.69, 9.17) is 11.6 Å². The van der Waals surface area contributed by atoms with Gasteiger partial charge in [0.05, 0.1) is 5.92 Å². The van der Waals surface area contributed by atoms with Crippen molar-refractivity contribution in [3.8, 4) is 0 Å². The molecular formula is C21H26ClNO. The van der Waals surface area contributed by atoms with Crippen molar-refractivity contribution in [2.24, 2.45) is 0 Å². The van der Waals surface area contributed by atoms with E-state index < -0.39 is 0 Å². The van der Waals surface area contributed by atoms with E-state index in [2.05, 4.69) is 12.2 Å². The van der Waals surface area contributed by atoms with Crippen LogP contribution in [0.2, 0.25) is 5.02 Å². The zero-order chi connectivity index (χ0) is 17.2. The third kappa shape index (κ3) is 5.68. The number of benzene rings is 2. The zero-order valence-electron chi connectivity index (χ0n) is 14.3. The Morgan fingerprint density at radius 3 is 2.42 bits per heavy atom. The van der Waals surface area contributed by atoms with Crippen molar-refractivity contribution in [1.82, 2.24) is 5.32 Å². The average molecular weight is 344 g/mol. The minimum absolute atomic E-state index is 0.0811. The highest BCUT2D eigenvalue weighted by Crippen LogP contribution is 2.23. The monoisotopic (exact) mass is 343 g/mol. The molecule has 0 saturated heterocycles. The molecule has 0 fully saturated rings. The van der Waals surface area contributed by atoms with Crippen LogP contribution in [0.4, 0.5) is 0 Å². The van der Waals surface area contributed by atoms with E-state index in [1.165, 1.54) is 19.3 Å². The quantitative estimate of drug-likeness (QED) is 0.580. The maximum absolute atomic E-state index is 12.7. The largest absolute Gasteiger partial charge is 0.351 e. The van der Waals surface area contributed by atoms with Crippen molar-refractivity contribution in [3.05, 3.63) is 70.7 Å². The van der Waals surface area contributed by atoms with E-state index in [-0.39, 0.29) is 11.8 Å². The first-order valence-corrected chi connectivity index (χ1v) is 9.16. The molecule has 24 heavy (non-hydrogen) atoms. The number of nitrogens with one attached hydrogen (secondary N) is 1. The third-order valence-electron chi connectivity index (χ3n) is 4.28. The number of amides is 1. The van der Waals surface area contributed by atoms with E-state index >= 15 is 0 Å². The average Bonchev–Trinajstić information content (AvgIpc) is 2.61. The molecule has 2 aromatic carbocycles. The smallest absolute Gasteiger partial charge is 0.227 e. The topological polar surface area (TPSA) is 29.1 Å². The second kappa shape index (κ2) is 10.1. The first-order chi connectivity index (χ1) is 11.7.